The highest BCUT2D eigenvalue weighted by Crippen LogP contribution is 2.32. The number of hydrogen-bond donors (Lipinski definition) is 2. The molecule has 1 fully saturated rings. The van der Waals surface area contributed by atoms with E-state index in [9.17, 15) is 9.90 Å². The molecule has 0 aliphatic carbocycles. The number of carbonyl (C=O) groups excluding carboxylic acids is 1. The molecule has 2 atom stereocenters. The van der Waals surface area contributed by atoms with Gasteiger partial charge in [0.05, 0.1) is 18.2 Å². The molecule has 3 rings (SSSR count). The molecular formula is C20H24N2O2. The van der Waals surface area contributed by atoms with Gasteiger partial charge in [0, 0.05) is 13.1 Å². The SMILES string of the molecule is C[C@]1(C(=O)N[C@H](CO)c2ccccc2)CCN1Cc1ccccc1. The van der Waals surface area contributed by atoms with Gasteiger partial charge in [0.15, 0.2) is 0 Å². The molecule has 2 aromatic rings. The fraction of sp³-hybridized carbons (Fsp3) is 0.350. The van der Waals surface area contributed by atoms with E-state index >= 15 is 0 Å². The second-order valence-electron chi connectivity index (χ2n) is 6.55. The number of nitrogens with one attached hydrogen (secondary N) is 1. The number of benzene rings is 2. The van der Waals surface area contributed by atoms with E-state index in [4.69, 9.17) is 0 Å². The summed E-state index contributed by atoms with van der Waals surface area (Å²) in [6.07, 6.45) is 0.832. The molecule has 2 aromatic carbocycles. The van der Waals surface area contributed by atoms with E-state index in [1.54, 1.807) is 0 Å². The number of rotatable bonds is 6. The zero-order valence-electron chi connectivity index (χ0n) is 14.0. The van der Waals surface area contributed by atoms with Crippen molar-refractivity contribution in [1.29, 1.82) is 0 Å². The second-order valence-corrected chi connectivity index (χ2v) is 6.55. The van der Waals surface area contributed by atoms with Gasteiger partial charge >= 0.3 is 0 Å². The summed E-state index contributed by atoms with van der Waals surface area (Å²) in [5, 5.41) is 12.7. The Kier molecular flexibility index (Phi) is 4.97. The van der Waals surface area contributed by atoms with Gasteiger partial charge in [0.1, 0.15) is 0 Å². The zero-order valence-corrected chi connectivity index (χ0v) is 14.0. The van der Waals surface area contributed by atoms with Gasteiger partial charge in [-0.1, -0.05) is 60.7 Å². The monoisotopic (exact) mass is 324 g/mol. The Morgan fingerprint density at radius 3 is 2.33 bits per heavy atom. The van der Waals surface area contributed by atoms with Crippen LogP contribution in [-0.4, -0.2) is 34.6 Å². The first-order valence-corrected chi connectivity index (χ1v) is 8.39. The average molecular weight is 324 g/mol. The van der Waals surface area contributed by atoms with Gasteiger partial charge in [-0.2, -0.15) is 0 Å². The van der Waals surface area contributed by atoms with E-state index in [0.717, 1.165) is 25.1 Å². The van der Waals surface area contributed by atoms with Gasteiger partial charge in [0.2, 0.25) is 5.91 Å². The van der Waals surface area contributed by atoms with Crippen LogP contribution in [0.1, 0.15) is 30.5 Å². The van der Waals surface area contributed by atoms with E-state index in [2.05, 4.69) is 22.3 Å². The van der Waals surface area contributed by atoms with Crippen molar-refractivity contribution in [2.24, 2.45) is 0 Å². The molecule has 4 heteroatoms. The van der Waals surface area contributed by atoms with Crippen LogP contribution in [0.15, 0.2) is 60.7 Å². The molecule has 0 saturated carbocycles. The number of amides is 1. The van der Waals surface area contributed by atoms with Crippen molar-refractivity contribution in [3.8, 4) is 0 Å². The lowest BCUT2D eigenvalue weighted by Crippen LogP contribution is -2.65. The number of aliphatic hydroxyl groups excluding tert-OH is 1. The first kappa shape index (κ1) is 16.7. The van der Waals surface area contributed by atoms with Crippen LogP contribution in [0.4, 0.5) is 0 Å². The lowest BCUT2D eigenvalue weighted by Gasteiger charge is -2.49. The molecule has 24 heavy (non-hydrogen) atoms. The summed E-state index contributed by atoms with van der Waals surface area (Å²) in [5.41, 5.74) is 1.61. The Hall–Kier alpha value is -2.17. The van der Waals surface area contributed by atoms with Gasteiger partial charge in [-0.15, -0.1) is 0 Å². The highest BCUT2D eigenvalue weighted by molar-refractivity contribution is 5.87. The van der Waals surface area contributed by atoms with Crippen molar-refractivity contribution < 1.29 is 9.90 Å². The summed E-state index contributed by atoms with van der Waals surface area (Å²) < 4.78 is 0. The Bertz CT molecular complexity index is 675. The van der Waals surface area contributed by atoms with Gasteiger partial charge in [0.25, 0.3) is 0 Å². The standard InChI is InChI=1S/C20H24N2O2/c1-20(12-13-22(20)14-16-8-4-2-5-9-16)19(24)21-18(15-23)17-10-6-3-7-11-17/h2-11,18,23H,12-15H2,1H3,(H,21,24)/t18-,20-/m1/s1. The topological polar surface area (TPSA) is 52.6 Å². The smallest absolute Gasteiger partial charge is 0.240 e. The molecular weight excluding hydrogens is 300 g/mol. The highest BCUT2D eigenvalue weighted by atomic mass is 16.3. The van der Waals surface area contributed by atoms with Gasteiger partial charge in [-0.25, -0.2) is 0 Å². The van der Waals surface area contributed by atoms with E-state index in [0.29, 0.717) is 0 Å². The molecule has 0 unspecified atom stereocenters. The van der Waals surface area contributed by atoms with E-state index in [1.165, 1.54) is 5.56 Å². The first-order valence-electron chi connectivity index (χ1n) is 8.39. The molecule has 1 aliphatic rings. The van der Waals surface area contributed by atoms with Crippen molar-refractivity contribution in [2.75, 3.05) is 13.2 Å². The van der Waals surface area contributed by atoms with Crippen molar-refractivity contribution in [3.63, 3.8) is 0 Å². The van der Waals surface area contributed by atoms with Gasteiger partial charge in [-0.05, 0) is 24.5 Å². The Labute approximate surface area is 143 Å². The van der Waals surface area contributed by atoms with Crippen molar-refractivity contribution in [3.05, 3.63) is 71.8 Å². The Morgan fingerprint density at radius 1 is 1.17 bits per heavy atom. The summed E-state index contributed by atoms with van der Waals surface area (Å²) in [7, 11) is 0. The van der Waals surface area contributed by atoms with Crippen LogP contribution in [0, 0.1) is 0 Å². The van der Waals surface area contributed by atoms with Crippen LogP contribution in [-0.2, 0) is 11.3 Å². The maximum absolute atomic E-state index is 12.8. The third kappa shape index (κ3) is 3.35. The lowest BCUT2D eigenvalue weighted by molar-refractivity contribution is -0.143. The predicted octanol–water partition coefficient (Wildman–Crippen LogP) is 2.50. The molecule has 0 bridgehead atoms. The zero-order chi connectivity index (χ0) is 17.0. The maximum atomic E-state index is 12.8. The summed E-state index contributed by atoms with van der Waals surface area (Å²) in [4.78, 5) is 15.0. The normalized spacial score (nSPS) is 21.8. The number of carbonyl (C=O) groups is 1. The largest absolute Gasteiger partial charge is 0.394 e. The van der Waals surface area contributed by atoms with Gasteiger partial charge in [-0.3, -0.25) is 9.69 Å². The third-order valence-corrected chi connectivity index (χ3v) is 4.96. The lowest BCUT2D eigenvalue weighted by atomic mass is 9.84. The molecule has 1 aliphatic heterocycles. The summed E-state index contributed by atoms with van der Waals surface area (Å²) >= 11 is 0. The van der Waals surface area contributed by atoms with Crippen molar-refractivity contribution >= 4 is 5.91 Å². The Balaban J connectivity index is 1.67. The molecule has 1 amide bonds. The Morgan fingerprint density at radius 2 is 1.79 bits per heavy atom. The second kappa shape index (κ2) is 7.16. The minimum absolute atomic E-state index is 0.0208. The minimum atomic E-state index is -0.516. The maximum Gasteiger partial charge on any atom is 0.240 e. The van der Waals surface area contributed by atoms with Crippen LogP contribution in [0.5, 0.6) is 0 Å². The molecule has 0 radical (unpaired) electrons. The molecule has 1 saturated heterocycles. The molecule has 2 N–H and O–H groups in total. The summed E-state index contributed by atoms with van der Waals surface area (Å²) in [6, 6.07) is 19.4. The fourth-order valence-corrected chi connectivity index (χ4v) is 3.15. The molecule has 1 heterocycles. The van der Waals surface area contributed by atoms with Crippen molar-refractivity contribution in [1.82, 2.24) is 10.2 Å². The van der Waals surface area contributed by atoms with Crippen LogP contribution in [0.2, 0.25) is 0 Å². The number of nitrogens with zero attached hydrogens (tertiary/aromatic N) is 1. The van der Waals surface area contributed by atoms with E-state index in [-0.39, 0.29) is 18.6 Å². The number of hydrogen-bond acceptors (Lipinski definition) is 3. The van der Waals surface area contributed by atoms with E-state index in [1.807, 2.05) is 55.5 Å². The summed E-state index contributed by atoms with van der Waals surface area (Å²) in [6.45, 7) is 3.55. The molecule has 0 spiro atoms. The third-order valence-electron chi connectivity index (χ3n) is 4.96. The average Bonchev–Trinajstić information content (AvgIpc) is 2.64. The molecule has 0 aromatic heterocycles. The fourth-order valence-electron chi connectivity index (χ4n) is 3.15. The number of aliphatic hydroxyl groups is 1. The highest BCUT2D eigenvalue weighted by Gasteiger charge is 2.47. The van der Waals surface area contributed by atoms with E-state index < -0.39 is 5.54 Å². The molecule has 4 nitrogen and oxygen atoms in total. The summed E-state index contributed by atoms with van der Waals surface area (Å²) in [5.74, 6) is -0.0208. The van der Waals surface area contributed by atoms with Gasteiger partial charge < -0.3 is 10.4 Å². The van der Waals surface area contributed by atoms with Crippen LogP contribution < -0.4 is 5.32 Å². The predicted molar refractivity (Wildman–Crippen MR) is 94.3 cm³/mol. The van der Waals surface area contributed by atoms with Crippen molar-refractivity contribution in [2.45, 2.75) is 31.5 Å². The van der Waals surface area contributed by atoms with Crippen LogP contribution in [0.3, 0.4) is 0 Å². The number of likely N-dealkylation sites (tertiary alicyclic amines) is 1. The quantitative estimate of drug-likeness (QED) is 0.858. The molecule has 126 valence electrons. The van der Waals surface area contributed by atoms with Crippen LogP contribution in [0.25, 0.3) is 0 Å². The first-order chi connectivity index (χ1) is 11.6. The van der Waals surface area contributed by atoms with Crippen LogP contribution >= 0.6 is 0 Å². The minimum Gasteiger partial charge on any atom is -0.394 e.